The van der Waals surface area contributed by atoms with Gasteiger partial charge in [0.05, 0.1) is 11.9 Å². The lowest BCUT2D eigenvalue weighted by Gasteiger charge is -2.29. The maximum atomic E-state index is 14.7. The third kappa shape index (κ3) is 4.77. The Morgan fingerprint density at radius 1 is 1.09 bits per heavy atom. The highest BCUT2D eigenvalue weighted by Crippen LogP contribution is 2.37. The largest absolute Gasteiger partial charge is 0.381 e. The summed E-state index contributed by atoms with van der Waals surface area (Å²) in [7, 11) is 0. The molecule has 0 bridgehead atoms. The van der Waals surface area contributed by atoms with E-state index < -0.39 is 11.6 Å². The number of nitrogens with zero attached hydrogens (tertiary/aromatic N) is 4. The van der Waals surface area contributed by atoms with Crippen molar-refractivity contribution in [1.29, 1.82) is 0 Å². The van der Waals surface area contributed by atoms with E-state index in [9.17, 15) is 13.6 Å². The summed E-state index contributed by atoms with van der Waals surface area (Å²) in [6.07, 6.45) is 6.02. The van der Waals surface area contributed by atoms with Gasteiger partial charge in [0.25, 0.3) is 0 Å². The summed E-state index contributed by atoms with van der Waals surface area (Å²) in [5.74, 6) is -1.49. The quantitative estimate of drug-likeness (QED) is 0.483. The van der Waals surface area contributed by atoms with E-state index in [1.807, 2.05) is 4.57 Å². The molecule has 11 heteroatoms. The van der Waals surface area contributed by atoms with Crippen LogP contribution in [-0.2, 0) is 9.53 Å². The van der Waals surface area contributed by atoms with Gasteiger partial charge < -0.3 is 21.1 Å². The number of amides is 1. The van der Waals surface area contributed by atoms with Gasteiger partial charge in [0.2, 0.25) is 17.8 Å². The van der Waals surface area contributed by atoms with Crippen molar-refractivity contribution in [3.8, 4) is 0 Å². The molecule has 1 saturated carbocycles. The van der Waals surface area contributed by atoms with Gasteiger partial charge in [-0.2, -0.15) is 4.98 Å². The number of fused-ring (bicyclic) bond motifs is 1. The van der Waals surface area contributed by atoms with Gasteiger partial charge in [-0.1, -0.05) is 6.07 Å². The maximum absolute atomic E-state index is 14.7. The minimum absolute atomic E-state index is 0.0102. The first-order chi connectivity index (χ1) is 16.9. The second-order valence-electron chi connectivity index (χ2n) is 9.33. The van der Waals surface area contributed by atoms with E-state index in [0.717, 1.165) is 12.8 Å². The van der Waals surface area contributed by atoms with Crippen LogP contribution in [-0.4, -0.2) is 44.7 Å². The van der Waals surface area contributed by atoms with Crippen molar-refractivity contribution in [1.82, 2.24) is 19.5 Å². The van der Waals surface area contributed by atoms with Crippen molar-refractivity contribution in [3.63, 3.8) is 0 Å². The number of carbonyl (C=O) groups excluding carboxylic acids is 1. The predicted molar refractivity (Wildman–Crippen MR) is 127 cm³/mol. The zero-order valence-electron chi connectivity index (χ0n) is 19.6. The summed E-state index contributed by atoms with van der Waals surface area (Å²) >= 11 is 0. The zero-order valence-corrected chi connectivity index (χ0v) is 19.6. The molecule has 0 radical (unpaired) electrons. The van der Waals surface area contributed by atoms with Gasteiger partial charge in [0.1, 0.15) is 5.52 Å². The Morgan fingerprint density at radius 3 is 2.54 bits per heavy atom. The van der Waals surface area contributed by atoms with Crippen molar-refractivity contribution in [2.24, 2.45) is 11.7 Å². The first kappa shape index (κ1) is 23.4. The minimum Gasteiger partial charge on any atom is -0.381 e. The second-order valence-corrected chi connectivity index (χ2v) is 9.33. The van der Waals surface area contributed by atoms with Gasteiger partial charge in [0.15, 0.2) is 17.3 Å². The summed E-state index contributed by atoms with van der Waals surface area (Å²) in [6, 6.07) is 3.18. The van der Waals surface area contributed by atoms with E-state index >= 15 is 0 Å². The molecular formula is C24H29F2N7O2. The number of ether oxygens (including phenoxy) is 1. The summed E-state index contributed by atoms with van der Waals surface area (Å²) in [4.78, 5) is 25.5. The Labute approximate surface area is 201 Å². The third-order valence-corrected chi connectivity index (χ3v) is 6.97. The monoisotopic (exact) mass is 485 g/mol. The van der Waals surface area contributed by atoms with E-state index in [4.69, 9.17) is 15.5 Å². The first-order valence-corrected chi connectivity index (χ1v) is 12.0. The number of hydrogen-bond donors (Lipinski definition) is 3. The average Bonchev–Trinajstić information content (AvgIpc) is 3.22. The van der Waals surface area contributed by atoms with Crippen molar-refractivity contribution in [2.75, 3.05) is 23.8 Å². The number of halogens is 2. The lowest BCUT2D eigenvalue weighted by atomic mass is 9.85. The van der Waals surface area contributed by atoms with Crippen molar-refractivity contribution in [3.05, 3.63) is 35.5 Å². The molecule has 186 valence electrons. The predicted octanol–water partition coefficient (Wildman–Crippen LogP) is 3.96. The molecule has 3 aromatic rings. The molecule has 0 unspecified atom stereocenters. The van der Waals surface area contributed by atoms with Crippen LogP contribution in [0, 0.1) is 24.5 Å². The van der Waals surface area contributed by atoms with Crippen LogP contribution in [0.5, 0.6) is 0 Å². The van der Waals surface area contributed by atoms with E-state index in [1.54, 1.807) is 6.20 Å². The normalized spacial score (nSPS) is 21.2. The Kier molecular flexibility index (Phi) is 6.50. The summed E-state index contributed by atoms with van der Waals surface area (Å²) in [5, 5.41) is 6.34. The fourth-order valence-electron chi connectivity index (χ4n) is 4.90. The van der Waals surface area contributed by atoms with E-state index in [1.165, 1.54) is 19.1 Å². The highest BCUT2D eigenvalue weighted by atomic mass is 19.2. The number of nitrogens with one attached hydrogen (secondary N) is 2. The van der Waals surface area contributed by atoms with Crippen molar-refractivity contribution in [2.45, 2.75) is 57.5 Å². The van der Waals surface area contributed by atoms with Crippen LogP contribution in [0.2, 0.25) is 0 Å². The number of hydrogen-bond acceptors (Lipinski definition) is 7. The summed E-state index contributed by atoms with van der Waals surface area (Å²) in [5.41, 5.74) is 6.86. The molecule has 1 aliphatic carbocycles. The van der Waals surface area contributed by atoms with Crippen LogP contribution in [0.3, 0.4) is 0 Å². The lowest BCUT2D eigenvalue weighted by Crippen LogP contribution is -2.29. The number of carbonyl (C=O) groups is 1. The Balaban J connectivity index is 1.51. The standard InChI is InChI=1S/C24H29F2N7O2/c1-13-2-7-17(20(26)19(13)25)30-24-31-18-12-28-23(29-15-8-10-35-11-9-15)32-22(18)33(24)16-5-3-14(4-6-16)21(27)34/h2,7,12,14-16H,3-6,8-11H2,1H3,(H2,27,34)(H,30,31)(H,28,29,32)/t14-,16-. The smallest absolute Gasteiger partial charge is 0.224 e. The first-order valence-electron chi connectivity index (χ1n) is 12.0. The minimum atomic E-state index is -0.964. The van der Waals surface area contributed by atoms with Crippen molar-refractivity contribution >= 4 is 34.7 Å². The highest BCUT2D eigenvalue weighted by molar-refractivity contribution is 5.78. The number of aryl methyl sites for hydroxylation is 1. The van der Waals surface area contributed by atoms with Crippen LogP contribution in [0.4, 0.5) is 26.4 Å². The molecule has 1 saturated heterocycles. The molecule has 1 amide bonds. The van der Waals surface area contributed by atoms with Crippen LogP contribution in [0.15, 0.2) is 18.3 Å². The number of imidazole rings is 1. The second kappa shape index (κ2) is 9.73. The van der Waals surface area contributed by atoms with Gasteiger partial charge in [0, 0.05) is 31.2 Å². The van der Waals surface area contributed by atoms with Crippen LogP contribution in [0.1, 0.15) is 50.1 Å². The van der Waals surface area contributed by atoms with E-state index in [0.29, 0.717) is 62.0 Å². The summed E-state index contributed by atoms with van der Waals surface area (Å²) in [6.45, 7) is 2.89. The maximum Gasteiger partial charge on any atom is 0.224 e. The molecule has 0 spiro atoms. The number of aromatic nitrogens is 4. The van der Waals surface area contributed by atoms with E-state index in [-0.39, 0.29) is 35.2 Å². The number of nitrogens with two attached hydrogens (primary N) is 1. The van der Waals surface area contributed by atoms with Gasteiger partial charge in [-0.25, -0.2) is 18.7 Å². The topological polar surface area (TPSA) is 120 Å². The Morgan fingerprint density at radius 2 is 1.83 bits per heavy atom. The SMILES string of the molecule is Cc1ccc(Nc2nc3cnc(NC4CCOCC4)nc3n2[C@H]2CC[C@H](C(N)=O)CC2)c(F)c1F. The molecule has 2 aliphatic rings. The van der Waals surface area contributed by atoms with Crippen LogP contribution >= 0.6 is 0 Å². The molecule has 35 heavy (non-hydrogen) atoms. The van der Waals surface area contributed by atoms with E-state index in [2.05, 4.69) is 20.6 Å². The van der Waals surface area contributed by atoms with Crippen LogP contribution in [0.25, 0.3) is 11.2 Å². The van der Waals surface area contributed by atoms with Gasteiger partial charge >= 0.3 is 0 Å². The molecular weight excluding hydrogens is 456 g/mol. The number of rotatable bonds is 6. The number of primary amides is 1. The third-order valence-electron chi connectivity index (χ3n) is 6.97. The average molecular weight is 486 g/mol. The fourth-order valence-corrected chi connectivity index (χ4v) is 4.90. The Bertz CT molecular complexity index is 1230. The molecule has 2 fully saturated rings. The lowest BCUT2D eigenvalue weighted by molar-refractivity contribution is -0.122. The fraction of sp³-hybridized carbons (Fsp3) is 0.500. The van der Waals surface area contributed by atoms with Gasteiger partial charge in [-0.3, -0.25) is 9.36 Å². The molecule has 1 aliphatic heterocycles. The van der Waals surface area contributed by atoms with Gasteiger partial charge in [-0.15, -0.1) is 0 Å². The molecule has 3 heterocycles. The van der Waals surface area contributed by atoms with Crippen molar-refractivity contribution < 1.29 is 18.3 Å². The highest BCUT2D eigenvalue weighted by Gasteiger charge is 2.29. The van der Waals surface area contributed by atoms with Crippen LogP contribution < -0.4 is 16.4 Å². The number of benzene rings is 1. The number of anilines is 3. The van der Waals surface area contributed by atoms with Gasteiger partial charge in [-0.05, 0) is 57.1 Å². The summed E-state index contributed by atoms with van der Waals surface area (Å²) < 4.78 is 36.2. The Hall–Kier alpha value is -3.34. The molecule has 1 aromatic carbocycles. The molecule has 4 N–H and O–H groups in total. The molecule has 5 rings (SSSR count). The molecule has 9 nitrogen and oxygen atoms in total. The molecule has 2 aromatic heterocycles. The molecule has 0 atom stereocenters. The zero-order chi connectivity index (χ0) is 24.5.